The molecule has 7 heteroatoms. The average Bonchev–Trinajstić information content (AvgIpc) is 3.33. The Morgan fingerprint density at radius 3 is 3.08 bits per heavy atom. The van der Waals surface area contributed by atoms with Crippen LogP contribution in [0.15, 0.2) is 36.8 Å². The number of hydrogen-bond acceptors (Lipinski definition) is 4. The number of fused-ring (bicyclic) bond motifs is 1. The van der Waals surface area contributed by atoms with Crippen LogP contribution in [0.3, 0.4) is 0 Å². The summed E-state index contributed by atoms with van der Waals surface area (Å²) in [6.07, 6.45) is 7.52. The lowest BCUT2D eigenvalue weighted by Gasteiger charge is -2.28. The number of carbonyl (C=O) groups excluding carboxylic acids is 1. The third-order valence-electron chi connectivity index (χ3n) is 5.14. The molecule has 1 saturated heterocycles. The first-order chi connectivity index (χ1) is 12.8. The maximum atomic E-state index is 12.8. The normalized spacial score (nSPS) is 18.7. The highest BCUT2D eigenvalue weighted by atomic mass is 16.5. The molecule has 26 heavy (non-hydrogen) atoms. The Labute approximate surface area is 151 Å². The van der Waals surface area contributed by atoms with Crippen LogP contribution >= 0.6 is 0 Å². The van der Waals surface area contributed by atoms with Crippen molar-refractivity contribution >= 4 is 22.5 Å². The molecule has 0 aliphatic carbocycles. The minimum absolute atomic E-state index is 0.0463. The second kappa shape index (κ2) is 7.31. The van der Waals surface area contributed by atoms with E-state index >= 15 is 0 Å². The van der Waals surface area contributed by atoms with Gasteiger partial charge in [-0.3, -0.25) is 9.89 Å². The van der Waals surface area contributed by atoms with Crippen LogP contribution in [0.5, 0.6) is 0 Å². The van der Waals surface area contributed by atoms with Gasteiger partial charge in [0.2, 0.25) is 5.91 Å². The van der Waals surface area contributed by atoms with Crippen molar-refractivity contribution in [2.75, 3.05) is 25.1 Å². The summed E-state index contributed by atoms with van der Waals surface area (Å²) >= 11 is 0. The molecule has 1 fully saturated rings. The fourth-order valence-corrected chi connectivity index (χ4v) is 3.72. The predicted octanol–water partition coefficient (Wildman–Crippen LogP) is 2.50. The van der Waals surface area contributed by atoms with E-state index in [1.165, 1.54) is 0 Å². The van der Waals surface area contributed by atoms with E-state index in [1.54, 1.807) is 6.20 Å². The topological polar surface area (TPSA) is 109 Å². The number of aromatic nitrogens is 3. The summed E-state index contributed by atoms with van der Waals surface area (Å²) in [5, 5.41) is 10.9. The number of nitrogens with zero attached hydrogens (tertiary/aromatic N) is 1. The van der Waals surface area contributed by atoms with E-state index in [1.807, 2.05) is 30.6 Å². The van der Waals surface area contributed by atoms with Crippen molar-refractivity contribution in [3.8, 4) is 11.1 Å². The molecule has 1 aromatic carbocycles. The average molecular weight is 353 g/mol. The van der Waals surface area contributed by atoms with Gasteiger partial charge in [0.1, 0.15) is 0 Å². The largest absolute Gasteiger partial charge is 0.381 e. The van der Waals surface area contributed by atoms with Gasteiger partial charge in [0.25, 0.3) is 0 Å². The maximum absolute atomic E-state index is 12.8. The molecule has 7 nitrogen and oxygen atoms in total. The summed E-state index contributed by atoms with van der Waals surface area (Å²) in [6, 6.07) is 5.87. The van der Waals surface area contributed by atoms with Gasteiger partial charge in [-0.1, -0.05) is 12.1 Å². The fourth-order valence-electron chi connectivity index (χ4n) is 3.72. The van der Waals surface area contributed by atoms with Gasteiger partial charge in [0, 0.05) is 42.1 Å². The third-order valence-corrected chi connectivity index (χ3v) is 5.14. The summed E-state index contributed by atoms with van der Waals surface area (Å²) in [5.41, 5.74) is 9.60. The number of aromatic amines is 2. The van der Waals surface area contributed by atoms with E-state index in [-0.39, 0.29) is 17.7 Å². The number of nitrogens with two attached hydrogens (primary N) is 1. The minimum Gasteiger partial charge on any atom is -0.381 e. The number of para-hydroxylation sites is 1. The highest BCUT2D eigenvalue weighted by Crippen LogP contribution is 2.32. The van der Waals surface area contributed by atoms with Gasteiger partial charge >= 0.3 is 0 Å². The molecule has 2 aromatic heterocycles. The van der Waals surface area contributed by atoms with Gasteiger partial charge in [-0.25, -0.2) is 0 Å². The minimum atomic E-state index is -0.242. The lowest BCUT2D eigenvalue weighted by atomic mass is 9.87. The smallest absolute Gasteiger partial charge is 0.229 e. The molecule has 3 heterocycles. The van der Waals surface area contributed by atoms with Gasteiger partial charge in [-0.2, -0.15) is 5.10 Å². The van der Waals surface area contributed by atoms with E-state index in [9.17, 15) is 4.79 Å². The molecule has 4 rings (SSSR count). The molecule has 1 aliphatic rings. The molecule has 1 amide bonds. The van der Waals surface area contributed by atoms with Crippen molar-refractivity contribution in [2.45, 2.75) is 12.8 Å². The Kier molecular flexibility index (Phi) is 4.73. The highest BCUT2D eigenvalue weighted by Gasteiger charge is 2.29. The summed E-state index contributed by atoms with van der Waals surface area (Å²) in [4.78, 5) is 16.1. The van der Waals surface area contributed by atoms with E-state index in [0.29, 0.717) is 13.2 Å². The van der Waals surface area contributed by atoms with Crippen molar-refractivity contribution in [2.24, 2.45) is 17.6 Å². The molecule has 0 spiro atoms. The number of ether oxygens (including phenoxy) is 1. The number of amides is 1. The van der Waals surface area contributed by atoms with E-state index < -0.39 is 0 Å². The Morgan fingerprint density at radius 1 is 1.42 bits per heavy atom. The molecule has 0 bridgehead atoms. The quantitative estimate of drug-likeness (QED) is 0.565. The summed E-state index contributed by atoms with van der Waals surface area (Å²) in [6.45, 7) is 1.70. The van der Waals surface area contributed by atoms with E-state index in [0.717, 1.165) is 47.2 Å². The number of rotatable bonds is 5. The van der Waals surface area contributed by atoms with Crippen LogP contribution in [0.4, 0.5) is 5.69 Å². The summed E-state index contributed by atoms with van der Waals surface area (Å²) in [7, 11) is 0. The fraction of sp³-hybridized carbons (Fsp3) is 0.368. The third kappa shape index (κ3) is 3.11. The molecular weight excluding hydrogens is 330 g/mol. The van der Waals surface area contributed by atoms with E-state index in [4.69, 9.17) is 10.5 Å². The van der Waals surface area contributed by atoms with Gasteiger partial charge in [-0.05, 0) is 24.8 Å². The van der Waals surface area contributed by atoms with Crippen LogP contribution < -0.4 is 11.1 Å². The summed E-state index contributed by atoms with van der Waals surface area (Å²) in [5.74, 6) is -0.109. The van der Waals surface area contributed by atoms with Crippen molar-refractivity contribution in [3.05, 3.63) is 36.8 Å². The standard InChI is InChI=1S/C19H23N5O2/c20-7-15(12-3-2-6-26-11-12)19(25)24-17-5-1-4-14-16(10-21-18(14)17)13-8-22-23-9-13/h1,4-5,8-10,12,15,21H,2-3,6-7,11,20H2,(H,22,23)(H,24,25). The maximum Gasteiger partial charge on any atom is 0.229 e. The SMILES string of the molecule is NCC(C(=O)Nc1cccc2c(-c3cn[nH]c3)c[nH]c12)C1CCCOC1. The second-order valence-corrected chi connectivity index (χ2v) is 6.73. The first kappa shape index (κ1) is 16.8. The Bertz CT molecular complexity index is 881. The molecule has 0 radical (unpaired) electrons. The van der Waals surface area contributed by atoms with Gasteiger partial charge in [-0.15, -0.1) is 0 Å². The molecular formula is C19H23N5O2. The van der Waals surface area contributed by atoms with Crippen LogP contribution in [0.1, 0.15) is 12.8 Å². The number of nitrogens with one attached hydrogen (secondary N) is 3. The Morgan fingerprint density at radius 2 is 2.35 bits per heavy atom. The molecule has 5 N–H and O–H groups in total. The number of carbonyl (C=O) groups is 1. The predicted molar refractivity (Wildman–Crippen MR) is 101 cm³/mol. The number of anilines is 1. The molecule has 3 aromatic rings. The second-order valence-electron chi connectivity index (χ2n) is 6.73. The van der Waals surface area contributed by atoms with Crippen LogP contribution in [0.25, 0.3) is 22.0 Å². The van der Waals surface area contributed by atoms with E-state index in [2.05, 4.69) is 20.5 Å². The zero-order valence-corrected chi connectivity index (χ0v) is 14.5. The van der Waals surface area contributed by atoms with Crippen molar-refractivity contribution in [3.63, 3.8) is 0 Å². The Balaban J connectivity index is 1.59. The number of hydrogen-bond donors (Lipinski definition) is 4. The number of benzene rings is 1. The number of H-pyrrole nitrogens is 2. The van der Waals surface area contributed by atoms with Crippen LogP contribution in [0.2, 0.25) is 0 Å². The van der Waals surface area contributed by atoms with Crippen LogP contribution in [-0.2, 0) is 9.53 Å². The lowest BCUT2D eigenvalue weighted by Crippen LogP contribution is -2.38. The Hall–Kier alpha value is -2.64. The molecule has 2 atom stereocenters. The molecule has 1 aliphatic heterocycles. The molecule has 136 valence electrons. The van der Waals surface area contributed by atoms with Gasteiger partial charge < -0.3 is 20.8 Å². The zero-order valence-electron chi connectivity index (χ0n) is 14.5. The first-order valence-corrected chi connectivity index (χ1v) is 8.96. The molecule has 0 saturated carbocycles. The van der Waals surface area contributed by atoms with Crippen molar-refractivity contribution in [1.82, 2.24) is 15.2 Å². The summed E-state index contributed by atoms with van der Waals surface area (Å²) < 4.78 is 5.53. The molecule has 2 unspecified atom stereocenters. The first-order valence-electron chi connectivity index (χ1n) is 8.96. The zero-order chi connectivity index (χ0) is 17.9. The van der Waals surface area contributed by atoms with Crippen molar-refractivity contribution in [1.29, 1.82) is 0 Å². The highest BCUT2D eigenvalue weighted by molar-refractivity contribution is 6.06. The van der Waals surface area contributed by atoms with Gasteiger partial charge in [0.15, 0.2) is 0 Å². The monoisotopic (exact) mass is 353 g/mol. The lowest BCUT2D eigenvalue weighted by molar-refractivity contribution is -0.123. The van der Waals surface area contributed by atoms with Crippen molar-refractivity contribution < 1.29 is 9.53 Å². The van der Waals surface area contributed by atoms with Crippen LogP contribution in [0, 0.1) is 11.8 Å². The van der Waals surface area contributed by atoms with Crippen LogP contribution in [-0.4, -0.2) is 40.8 Å². The van der Waals surface area contributed by atoms with Gasteiger partial charge in [0.05, 0.1) is 29.9 Å².